The van der Waals surface area contributed by atoms with E-state index in [1.54, 1.807) is 18.2 Å². The van der Waals surface area contributed by atoms with Gasteiger partial charge in [-0.2, -0.15) is 0 Å². The topological polar surface area (TPSA) is 109 Å². The molecule has 36 heavy (non-hydrogen) atoms. The number of amides is 1. The van der Waals surface area contributed by atoms with E-state index in [4.69, 9.17) is 25.8 Å². The first kappa shape index (κ1) is 24.7. The number of halogens is 1. The van der Waals surface area contributed by atoms with Gasteiger partial charge in [0.2, 0.25) is 11.3 Å². The zero-order valence-corrected chi connectivity index (χ0v) is 20.5. The van der Waals surface area contributed by atoms with Crippen LogP contribution in [0.25, 0.3) is 10.9 Å². The summed E-state index contributed by atoms with van der Waals surface area (Å²) in [6.07, 6.45) is 4.29. The molecule has 0 spiro atoms. The van der Waals surface area contributed by atoms with Gasteiger partial charge in [0.05, 0.1) is 42.8 Å². The van der Waals surface area contributed by atoms with Crippen LogP contribution in [0, 0.1) is 0 Å². The molecule has 0 atom stereocenters. The van der Waals surface area contributed by atoms with Crippen molar-refractivity contribution < 1.29 is 23.8 Å². The highest BCUT2D eigenvalue weighted by Gasteiger charge is 2.20. The second kappa shape index (κ2) is 10.5. The number of ketones is 1. The maximum Gasteiger partial charge on any atom is 0.244 e. The normalized spacial score (nSPS) is 10.7. The van der Waals surface area contributed by atoms with E-state index in [1.165, 1.54) is 68.8 Å². The monoisotopic (exact) mass is 507 g/mol. The predicted molar refractivity (Wildman–Crippen MR) is 136 cm³/mol. The molecule has 0 fully saturated rings. The van der Waals surface area contributed by atoms with Crippen molar-refractivity contribution in [1.29, 1.82) is 0 Å². The van der Waals surface area contributed by atoms with E-state index in [0.29, 0.717) is 28.3 Å². The number of carbonyl (C=O) groups is 2. The van der Waals surface area contributed by atoms with Crippen LogP contribution in [0.4, 0.5) is 5.69 Å². The van der Waals surface area contributed by atoms with E-state index in [-0.39, 0.29) is 28.3 Å². The van der Waals surface area contributed by atoms with Crippen LogP contribution in [0.15, 0.2) is 65.8 Å². The second-order valence-corrected chi connectivity index (χ2v) is 8.09. The second-order valence-electron chi connectivity index (χ2n) is 7.69. The molecule has 2 aromatic heterocycles. The lowest BCUT2D eigenvalue weighted by molar-refractivity contribution is -0.116. The highest BCUT2D eigenvalue weighted by atomic mass is 35.5. The Morgan fingerprint density at radius 3 is 2.31 bits per heavy atom. The third-order valence-electron chi connectivity index (χ3n) is 5.52. The number of carbonyl (C=O) groups excluding carboxylic acids is 2. The molecule has 0 unspecified atom stereocenters. The molecule has 1 N–H and O–H groups in total. The van der Waals surface area contributed by atoms with Crippen molar-refractivity contribution in [1.82, 2.24) is 9.55 Å². The van der Waals surface area contributed by atoms with E-state index >= 15 is 0 Å². The van der Waals surface area contributed by atoms with E-state index in [9.17, 15) is 14.4 Å². The maximum atomic E-state index is 13.3. The number of hydrogen-bond donors (Lipinski definition) is 1. The summed E-state index contributed by atoms with van der Waals surface area (Å²) in [5, 5.41) is 3.24. The molecule has 0 saturated carbocycles. The largest absolute Gasteiger partial charge is 0.495 e. The molecule has 2 heterocycles. The van der Waals surface area contributed by atoms with Gasteiger partial charge >= 0.3 is 0 Å². The first-order valence-corrected chi connectivity index (χ1v) is 11.1. The molecule has 1 amide bonds. The minimum absolute atomic E-state index is 0.100. The summed E-state index contributed by atoms with van der Waals surface area (Å²) < 4.78 is 17.3. The Labute approximate surface area is 211 Å². The fourth-order valence-corrected chi connectivity index (χ4v) is 4.00. The van der Waals surface area contributed by atoms with Gasteiger partial charge in [-0.15, -0.1) is 0 Å². The van der Waals surface area contributed by atoms with Crippen LogP contribution < -0.4 is 25.0 Å². The summed E-state index contributed by atoms with van der Waals surface area (Å²) >= 11 is 6.31. The fourth-order valence-electron chi connectivity index (χ4n) is 3.77. The van der Waals surface area contributed by atoms with Gasteiger partial charge in [-0.05, 0) is 36.4 Å². The molecule has 4 rings (SSSR count). The summed E-state index contributed by atoms with van der Waals surface area (Å²) in [6, 6.07) is 11.0. The molecular weight excluding hydrogens is 486 g/mol. The van der Waals surface area contributed by atoms with Crippen LogP contribution in [-0.2, 0) is 11.3 Å². The Kier molecular flexibility index (Phi) is 7.21. The van der Waals surface area contributed by atoms with Crippen LogP contribution in [0.5, 0.6) is 17.2 Å². The molecule has 2 aromatic carbocycles. The van der Waals surface area contributed by atoms with Gasteiger partial charge in [0, 0.05) is 35.9 Å². The number of anilines is 1. The van der Waals surface area contributed by atoms with Gasteiger partial charge < -0.3 is 24.1 Å². The van der Waals surface area contributed by atoms with E-state index in [0.717, 1.165) is 0 Å². The molecular formula is C26H22ClN3O6. The van der Waals surface area contributed by atoms with Gasteiger partial charge in [0.1, 0.15) is 12.3 Å². The SMILES string of the molecule is COc1cc2c(=O)c(C(=O)c3ccncc3)cn(CC(=O)Nc3ccc(OC)c(OC)c3)c2cc1Cl. The zero-order chi connectivity index (χ0) is 25.8. The van der Waals surface area contributed by atoms with Crippen LogP contribution in [-0.4, -0.2) is 42.6 Å². The molecule has 0 saturated heterocycles. The number of hydrogen-bond acceptors (Lipinski definition) is 7. The Balaban J connectivity index is 1.77. The van der Waals surface area contributed by atoms with Crippen molar-refractivity contribution in [3.05, 3.63) is 87.4 Å². The Hall–Kier alpha value is -4.37. The van der Waals surface area contributed by atoms with Crippen LogP contribution in [0.3, 0.4) is 0 Å². The molecule has 0 aliphatic carbocycles. The van der Waals surface area contributed by atoms with Crippen LogP contribution in [0.2, 0.25) is 5.02 Å². The summed E-state index contributed by atoms with van der Waals surface area (Å²) in [5.41, 5.74) is 0.550. The average molecular weight is 508 g/mol. The average Bonchev–Trinajstić information content (AvgIpc) is 2.90. The maximum absolute atomic E-state index is 13.3. The highest BCUT2D eigenvalue weighted by molar-refractivity contribution is 6.32. The number of ether oxygens (including phenoxy) is 3. The number of methoxy groups -OCH3 is 3. The fraction of sp³-hybridized carbons (Fsp3) is 0.154. The van der Waals surface area contributed by atoms with E-state index < -0.39 is 17.1 Å². The lowest BCUT2D eigenvalue weighted by Crippen LogP contribution is -2.24. The summed E-state index contributed by atoms with van der Waals surface area (Å²) in [7, 11) is 4.44. The van der Waals surface area contributed by atoms with Gasteiger partial charge in [-0.1, -0.05) is 11.6 Å². The number of nitrogens with zero attached hydrogens (tertiary/aromatic N) is 2. The number of benzene rings is 2. The van der Waals surface area contributed by atoms with E-state index in [1.807, 2.05) is 0 Å². The van der Waals surface area contributed by atoms with Gasteiger partial charge in [-0.25, -0.2) is 0 Å². The molecule has 0 radical (unpaired) electrons. The molecule has 9 nitrogen and oxygen atoms in total. The third kappa shape index (κ3) is 4.87. The smallest absolute Gasteiger partial charge is 0.244 e. The molecule has 184 valence electrons. The Morgan fingerprint density at radius 1 is 0.944 bits per heavy atom. The summed E-state index contributed by atoms with van der Waals surface area (Å²) in [5.74, 6) is 0.350. The van der Waals surface area contributed by atoms with Crippen LogP contribution in [0.1, 0.15) is 15.9 Å². The summed E-state index contributed by atoms with van der Waals surface area (Å²) in [4.78, 5) is 43.4. The van der Waals surface area contributed by atoms with Crippen molar-refractivity contribution in [2.45, 2.75) is 6.54 Å². The molecule has 0 aliphatic heterocycles. The van der Waals surface area contributed by atoms with Crippen molar-refractivity contribution in [3.63, 3.8) is 0 Å². The molecule has 10 heteroatoms. The minimum Gasteiger partial charge on any atom is -0.495 e. The van der Waals surface area contributed by atoms with Crippen molar-refractivity contribution >= 4 is 39.9 Å². The quantitative estimate of drug-likeness (QED) is 0.360. The number of fused-ring (bicyclic) bond motifs is 1. The number of aromatic nitrogens is 2. The number of pyridine rings is 2. The first-order valence-electron chi connectivity index (χ1n) is 10.7. The van der Waals surface area contributed by atoms with Crippen molar-refractivity contribution in [3.8, 4) is 17.2 Å². The van der Waals surface area contributed by atoms with Gasteiger partial charge in [0.15, 0.2) is 17.3 Å². The lowest BCUT2D eigenvalue weighted by Gasteiger charge is -2.15. The van der Waals surface area contributed by atoms with E-state index in [2.05, 4.69) is 10.3 Å². The lowest BCUT2D eigenvalue weighted by atomic mass is 10.0. The van der Waals surface area contributed by atoms with Crippen molar-refractivity contribution in [2.75, 3.05) is 26.6 Å². The number of nitrogens with one attached hydrogen (secondary N) is 1. The molecule has 0 bridgehead atoms. The predicted octanol–water partition coefficient (Wildman–Crippen LogP) is 3.95. The summed E-state index contributed by atoms with van der Waals surface area (Å²) in [6.45, 7) is -0.204. The molecule has 4 aromatic rings. The van der Waals surface area contributed by atoms with Gasteiger partial charge in [0.25, 0.3) is 0 Å². The van der Waals surface area contributed by atoms with Crippen LogP contribution >= 0.6 is 11.6 Å². The Bertz CT molecular complexity index is 1520. The number of rotatable bonds is 8. The Morgan fingerprint density at radius 2 is 1.64 bits per heavy atom. The first-order chi connectivity index (χ1) is 17.4. The third-order valence-corrected chi connectivity index (χ3v) is 5.82. The molecule has 0 aliphatic rings. The zero-order valence-electron chi connectivity index (χ0n) is 19.7. The standard InChI is InChI=1S/C26H22ClN3O6/c1-34-21-5-4-16(10-23(21)36-3)29-24(31)14-30-13-18(25(32)15-6-8-28-9-7-15)26(33)17-11-22(35-2)19(27)12-20(17)30/h4-13H,14H2,1-3H3,(H,29,31). The highest BCUT2D eigenvalue weighted by Crippen LogP contribution is 2.31. The minimum atomic E-state index is -0.502. The van der Waals surface area contributed by atoms with Crippen molar-refractivity contribution in [2.24, 2.45) is 0 Å². The van der Waals surface area contributed by atoms with Gasteiger partial charge in [-0.3, -0.25) is 19.4 Å².